The average Bonchev–Trinajstić information content (AvgIpc) is 2.67. The van der Waals surface area contributed by atoms with Crippen LogP contribution in [0, 0.1) is 0 Å². The molecule has 84 valence electrons. The van der Waals surface area contributed by atoms with Gasteiger partial charge >= 0.3 is 5.97 Å². The van der Waals surface area contributed by atoms with E-state index in [4.69, 9.17) is 11.6 Å². The highest BCUT2D eigenvalue weighted by atomic mass is 35.5. The lowest BCUT2D eigenvalue weighted by Crippen LogP contribution is -2.02. The molecule has 2 aromatic heterocycles. The molecule has 0 fully saturated rings. The number of methoxy groups -OCH3 is 1. The van der Waals surface area contributed by atoms with Gasteiger partial charge in [-0.25, -0.2) is 9.50 Å². The molecule has 5 nitrogen and oxygen atoms in total. The van der Waals surface area contributed by atoms with Crippen LogP contribution in [0.15, 0.2) is 18.3 Å². The van der Waals surface area contributed by atoms with Crippen molar-refractivity contribution < 1.29 is 9.53 Å². The third-order valence-electron chi connectivity index (χ3n) is 2.12. The predicted molar refractivity (Wildman–Crippen MR) is 58.3 cm³/mol. The molecule has 0 bridgehead atoms. The van der Waals surface area contributed by atoms with E-state index in [1.165, 1.54) is 7.11 Å². The lowest BCUT2D eigenvalue weighted by atomic mass is 10.3. The Morgan fingerprint density at radius 3 is 3.19 bits per heavy atom. The van der Waals surface area contributed by atoms with Gasteiger partial charge in [0.15, 0.2) is 11.5 Å². The molecule has 0 aromatic carbocycles. The first-order valence-electron chi connectivity index (χ1n) is 4.76. The van der Waals surface area contributed by atoms with E-state index in [0.29, 0.717) is 22.9 Å². The van der Waals surface area contributed by atoms with Crippen LogP contribution < -0.4 is 0 Å². The van der Waals surface area contributed by atoms with Gasteiger partial charge in [0, 0.05) is 23.7 Å². The van der Waals surface area contributed by atoms with Crippen molar-refractivity contribution in [2.75, 3.05) is 7.11 Å². The molecule has 2 heterocycles. The van der Waals surface area contributed by atoms with Crippen LogP contribution in [0.4, 0.5) is 0 Å². The molecule has 0 amide bonds. The molecule has 0 N–H and O–H groups in total. The van der Waals surface area contributed by atoms with Crippen molar-refractivity contribution in [3.05, 3.63) is 29.2 Å². The third-order valence-corrected chi connectivity index (χ3v) is 2.36. The number of aryl methyl sites for hydroxylation is 1. The second-order valence-corrected chi connectivity index (χ2v) is 3.69. The van der Waals surface area contributed by atoms with E-state index in [9.17, 15) is 4.79 Å². The molecule has 0 saturated carbocycles. The predicted octanol–water partition coefficient (Wildman–Crippen LogP) is 1.49. The summed E-state index contributed by atoms with van der Waals surface area (Å²) in [5.41, 5.74) is 0.673. The Labute approximate surface area is 97.0 Å². The lowest BCUT2D eigenvalue weighted by molar-refractivity contribution is -0.140. The standard InChI is InChI=1S/C10H10ClN3O2/c1-16-10(15)3-2-8-12-9-6-7(11)4-5-14(9)13-8/h4-6H,2-3H2,1H3. The van der Waals surface area contributed by atoms with Gasteiger partial charge in [-0.1, -0.05) is 11.6 Å². The van der Waals surface area contributed by atoms with Crippen molar-refractivity contribution in [3.8, 4) is 0 Å². The van der Waals surface area contributed by atoms with E-state index >= 15 is 0 Å². The molecule has 0 unspecified atom stereocenters. The van der Waals surface area contributed by atoms with E-state index in [1.54, 1.807) is 22.8 Å². The molecular formula is C10H10ClN3O2. The molecule has 2 aromatic rings. The maximum absolute atomic E-state index is 10.9. The number of halogens is 1. The zero-order valence-corrected chi connectivity index (χ0v) is 9.44. The minimum atomic E-state index is -0.267. The summed E-state index contributed by atoms with van der Waals surface area (Å²) in [6.07, 6.45) is 2.47. The number of carbonyl (C=O) groups excluding carboxylic acids is 1. The fourth-order valence-electron chi connectivity index (χ4n) is 1.32. The van der Waals surface area contributed by atoms with Gasteiger partial charge in [-0.2, -0.15) is 5.10 Å². The summed E-state index contributed by atoms with van der Waals surface area (Å²) in [6, 6.07) is 3.45. The first-order chi connectivity index (χ1) is 7.69. The number of rotatable bonds is 3. The van der Waals surface area contributed by atoms with E-state index < -0.39 is 0 Å². The Kier molecular flexibility index (Phi) is 3.05. The maximum Gasteiger partial charge on any atom is 0.305 e. The zero-order valence-electron chi connectivity index (χ0n) is 8.68. The van der Waals surface area contributed by atoms with Crippen LogP contribution in [-0.2, 0) is 16.0 Å². The summed E-state index contributed by atoms with van der Waals surface area (Å²) in [4.78, 5) is 15.2. The normalized spacial score (nSPS) is 10.6. The number of pyridine rings is 1. The number of fused-ring (bicyclic) bond motifs is 1. The maximum atomic E-state index is 10.9. The van der Waals surface area contributed by atoms with Crippen LogP contribution in [-0.4, -0.2) is 27.7 Å². The van der Waals surface area contributed by atoms with Gasteiger partial charge in [-0.3, -0.25) is 4.79 Å². The highest BCUT2D eigenvalue weighted by Crippen LogP contribution is 2.11. The van der Waals surface area contributed by atoms with Crippen molar-refractivity contribution >= 4 is 23.2 Å². The molecule has 0 atom stereocenters. The van der Waals surface area contributed by atoms with Crippen molar-refractivity contribution in [3.63, 3.8) is 0 Å². The Morgan fingerprint density at radius 2 is 2.44 bits per heavy atom. The summed E-state index contributed by atoms with van der Waals surface area (Å²) < 4.78 is 6.17. The van der Waals surface area contributed by atoms with Crippen LogP contribution in [0.1, 0.15) is 12.2 Å². The quantitative estimate of drug-likeness (QED) is 0.762. The first-order valence-corrected chi connectivity index (χ1v) is 5.14. The summed E-state index contributed by atoms with van der Waals surface area (Å²) >= 11 is 5.82. The summed E-state index contributed by atoms with van der Waals surface area (Å²) in [7, 11) is 1.36. The second-order valence-electron chi connectivity index (χ2n) is 3.25. The van der Waals surface area contributed by atoms with E-state index in [-0.39, 0.29) is 12.4 Å². The zero-order chi connectivity index (χ0) is 11.5. The number of esters is 1. The largest absolute Gasteiger partial charge is 0.469 e. The SMILES string of the molecule is COC(=O)CCc1nc2cc(Cl)ccn2n1. The molecule has 0 aliphatic heterocycles. The Hall–Kier alpha value is -1.62. The molecule has 0 aliphatic carbocycles. The minimum absolute atomic E-state index is 0.267. The second kappa shape index (κ2) is 4.49. The van der Waals surface area contributed by atoms with E-state index in [1.807, 2.05) is 0 Å². The van der Waals surface area contributed by atoms with E-state index in [0.717, 1.165) is 0 Å². The molecule has 2 rings (SSSR count). The molecule has 6 heteroatoms. The number of ether oxygens (including phenoxy) is 1. The van der Waals surface area contributed by atoms with Crippen LogP contribution in [0.25, 0.3) is 5.65 Å². The summed E-state index contributed by atoms with van der Waals surface area (Å²) in [5, 5.41) is 4.81. The molecule has 0 radical (unpaired) electrons. The van der Waals surface area contributed by atoms with Gasteiger partial charge < -0.3 is 4.74 Å². The lowest BCUT2D eigenvalue weighted by Gasteiger charge is -1.94. The Bertz CT molecular complexity index is 524. The van der Waals surface area contributed by atoms with Crippen LogP contribution in [0.5, 0.6) is 0 Å². The molecule has 0 saturated heterocycles. The first kappa shape index (κ1) is 10.9. The summed E-state index contributed by atoms with van der Waals surface area (Å²) in [6.45, 7) is 0. The number of aromatic nitrogens is 3. The number of carbonyl (C=O) groups is 1. The highest BCUT2D eigenvalue weighted by molar-refractivity contribution is 6.30. The van der Waals surface area contributed by atoms with Crippen molar-refractivity contribution in [2.45, 2.75) is 12.8 Å². The molecule has 16 heavy (non-hydrogen) atoms. The Balaban J connectivity index is 2.16. The van der Waals surface area contributed by atoms with Crippen molar-refractivity contribution in [1.29, 1.82) is 0 Å². The van der Waals surface area contributed by atoms with Crippen LogP contribution in [0.3, 0.4) is 0 Å². The molecule has 0 aliphatic rings. The minimum Gasteiger partial charge on any atom is -0.469 e. The van der Waals surface area contributed by atoms with Crippen molar-refractivity contribution in [1.82, 2.24) is 14.6 Å². The van der Waals surface area contributed by atoms with Gasteiger partial charge in [0.05, 0.1) is 13.5 Å². The van der Waals surface area contributed by atoms with Gasteiger partial charge in [0.25, 0.3) is 0 Å². The van der Waals surface area contributed by atoms with E-state index in [2.05, 4.69) is 14.8 Å². The number of nitrogens with zero attached hydrogens (tertiary/aromatic N) is 3. The molecular weight excluding hydrogens is 230 g/mol. The summed E-state index contributed by atoms with van der Waals surface area (Å²) in [5.74, 6) is 0.338. The van der Waals surface area contributed by atoms with Crippen molar-refractivity contribution in [2.24, 2.45) is 0 Å². The van der Waals surface area contributed by atoms with Gasteiger partial charge in [0.1, 0.15) is 0 Å². The average molecular weight is 240 g/mol. The van der Waals surface area contributed by atoms with Crippen LogP contribution in [0.2, 0.25) is 5.02 Å². The fourth-order valence-corrected chi connectivity index (χ4v) is 1.48. The van der Waals surface area contributed by atoms with Gasteiger partial charge in [-0.05, 0) is 6.07 Å². The monoisotopic (exact) mass is 239 g/mol. The van der Waals surface area contributed by atoms with Gasteiger partial charge in [0.2, 0.25) is 0 Å². The fraction of sp³-hybridized carbons (Fsp3) is 0.300. The van der Waals surface area contributed by atoms with Crippen LogP contribution >= 0.6 is 11.6 Å². The molecule has 0 spiro atoms. The Morgan fingerprint density at radius 1 is 1.62 bits per heavy atom. The smallest absolute Gasteiger partial charge is 0.305 e. The number of hydrogen-bond donors (Lipinski definition) is 0. The topological polar surface area (TPSA) is 56.5 Å². The van der Waals surface area contributed by atoms with Gasteiger partial charge in [-0.15, -0.1) is 0 Å². The number of hydrogen-bond acceptors (Lipinski definition) is 4. The third kappa shape index (κ3) is 2.30. The highest BCUT2D eigenvalue weighted by Gasteiger charge is 2.07.